The third-order valence-electron chi connectivity index (χ3n) is 7.87. The number of benzene rings is 1. The molecule has 1 aromatic carbocycles. The van der Waals surface area contributed by atoms with Crippen LogP contribution < -0.4 is 4.90 Å². The molecular weight excluding hydrogens is 588 g/mol. The Bertz CT molecular complexity index is 1080. The van der Waals surface area contributed by atoms with Crippen LogP contribution in [0.3, 0.4) is 0 Å². The molecule has 2 amide bonds. The smallest absolute Gasteiger partial charge is 0.312 e. The summed E-state index contributed by atoms with van der Waals surface area (Å²) in [5, 5.41) is 9.77. The van der Waals surface area contributed by atoms with Crippen molar-refractivity contribution in [1.82, 2.24) is 4.90 Å². The number of carbonyl (C=O) groups excluding carboxylic acids is 3. The molecule has 1 aromatic rings. The molecule has 212 valence electrons. The lowest BCUT2D eigenvalue weighted by atomic mass is 9.70. The van der Waals surface area contributed by atoms with Crippen LogP contribution in [0.4, 0.5) is 5.69 Å². The van der Waals surface area contributed by atoms with Gasteiger partial charge in [-0.15, -0.1) is 13.2 Å². The molecule has 4 rings (SSSR count). The molecule has 10 heteroatoms. The highest BCUT2D eigenvalue weighted by atomic mass is 79.9. The predicted octanol–water partition coefficient (Wildman–Crippen LogP) is 4.28. The maximum Gasteiger partial charge on any atom is 0.312 e. The quantitative estimate of drug-likeness (QED) is 0.144. The van der Waals surface area contributed by atoms with Gasteiger partial charge in [-0.1, -0.05) is 39.7 Å². The van der Waals surface area contributed by atoms with E-state index in [0.717, 1.165) is 0 Å². The topological polar surface area (TPSA) is 96.4 Å². The van der Waals surface area contributed by atoms with Gasteiger partial charge < -0.3 is 24.4 Å². The average Bonchev–Trinajstić information content (AvgIpc) is 3.51. The van der Waals surface area contributed by atoms with E-state index in [0.29, 0.717) is 55.8 Å². The second-order valence-electron chi connectivity index (χ2n) is 10.3. The lowest BCUT2D eigenvalue weighted by Crippen LogP contribution is -2.57. The highest BCUT2D eigenvalue weighted by Gasteiger charge is 2.77. The van der Waals surface area contributed by atoms with Crippen molar-refractivity contribution in [2.45, 2.75) is 61.1 Å². The van der Waals surface area contributed by atoms with E-state index in [2.05, 4.69) is 29.1 Å². The SMILES string of the molecule is C=CCCCOC(=O)[C@H]1[C@@H]2OC3(CC2Br)C(C(=O)N(CC=C)c2ccc(Cl)cc2)N(CCCCCO)C(=O)[C@H]13. The van der Waals surface area contributed by atoms with Crippen molar-refractivity contribution in [1.29, 1.82) is 0 Å². The number of allylic oxidation sites excluding steroid dienone is 1. The molecule has 0 radical (unpaired) electrons. The van der Waals surface area contributed by atoms with Crippen molar-refractivity contribution < 1.29 is 29.0 Å². The van der Waals surface area contributed by atoms with Crippen LogP contribution in [0.1, 0.15) is 38.5 Å². The fourth-order valence-electron chi connectivity index (χ4n) is 6.21. The van der Waals surface area contributed by atoms with E-state index in [-0.39, 0.29) is 36.4 Å². The third kappa shape index (κ3) is 5.69. The van der Waals surface area contributed by atoms with E-state index in [1.807, 2.05) is 0 Å². The molecule has 3 aliphatic heterocycles. The minimum Gasteiger partial charge on any atom is -0.465 e. The van der Waals surface area contributed by atoms with Gasteiger partial charge in [-0.3, -0.25) is 14.4 Å². The number of aliphatic hydroxyl groups excluding tert-OH is 1. The zero-order valence-corrected chi connectivity index (χ0v) is 24.3. The van der Waals surface area contributed by atoms with Crippen molar-refractivity contribution in [3.63, 3.8) is 0 Å². The van der Waals surface area contributed by atoms with Crippen molar-refractivity contribution in [2.24, 2.45) is 11.8 Å². The molecule has 8 nitrogen and oxygen atoms in total. The number of aliphatic hydroxyl groups is 1. The Morgan fingerprint density at radius 3 is 2.62 bits per heavy atom. The molecule has 1 spiro atoms. The van der Waals surface area contributed by atoms with Crippen molar-refractivity contribution in [3.05, 3.63) is 54.6 Å². The molecule has 1 N–H and O–H groups in total. The van der Waals surface area contributed by atoms with Crippen LogP contribution in [-0.4, -0.2) is 76.7 Å². The van der Waals surface area contributed by atoms with E-state index < -0.39 is 35.6 Å². The number of rotatable bonds is 14. The maximum absolute atomic E-state index is 14.4. The minimum atomic E-state index is -1.17. The Balaban J connectivity index is 1.69. The first-order valence-electron chi connectivity index (χ1n) is 13.5. The molecule has 0 aromatic heterocycles. The lowest BCUT2D eigenvalue weighted by molar-refractivity contribution is -0.155. The predicted molar refractivity (Wildman–Crippen MR) is 153 cm³/mol. The maximum atomic E-state index is 14.4. The third-order valence-corrected chi connectivity index (χ3v) is 8.96. The number of ether oxygens (including phenoxy) is 2. The molecule has 3 saturated heterocycles. The number of likely N-dealkylation sites (tertiary alicyclic amines) is 1. The summed E-state index contributed by atoms with van der Waals surface area (Å²) >= 11 is 9.78. The minimum absolute atomic E-state index is 0.0579. The first kappa shape index (κ1) is 29.8. The van der Waals surface area contributed by atoms with Crippen molar-refractivity contribution in [2.75, 3.05) is 31.2 Å². The summed E-state index contributed by atoms with van der Waals surface area (Å²) < 4.78 is 12.1. The molecule has 0 saturated carbocycles. The number of halogens is 2. The number of nitrogens with zero attached hydrogens (tertiary/aromatic N) is 2. The second-order valence-corrected chi connectivity index (χ2v) is 11.9. The van der Waals surface area contributed by atoms with Crippen LogP contribution in [-0.2, 0) is 23.9 Å². The summed E-state index contributed by atoms with van der Waals surface area (Å²) in [5.74, 6) is -2.65. The van der Waals surface area contributed by atoms with E-state index in [4.69, 9.17) is 21.1 Å². The summed E-state index contributed by atoms with van der Waals surface area (Å²) in [6, 6.07) is 6.00. The summed E-state index contributed by atoms with van der Waals surface area (Å²) in [5.41, 5.74) is -0.543. The van der Waals surface area contributed by atoms with Gasteiger partial charge >= 0.3 is 5.97 Å². The van der Waals surface area contributed by atoms with E-state index in [1.54, 1.807) is 46.2 Å². The normalized spacial score (nSPS) is 28.8. The van der Waals surface area contributed by atoms with Gasteiger partial charge in [-0.25, -0.2) is 0 Å². The molecule has 6 atom stereocenters. The van der Waals surface area contributed by atoms with Crippen LogP contribution in [0.25, 0.3) is 0 Å². The Morgan fingerprint density at radius 1 is 1.21 bits per heavy atom. The summed E-state index contributed by atoms with van der Waals surface area (Å²) in [6.45, 7) is 8.35. The molecule has 3 aliphatic rings. The van der Waals surface area contributed by atoms with Crippen LogP contribution in [0.2, 0.25) is 5.02 Å². The van der Waals surface area contributed by atoms with Crippen LogP contribution in [0.5, 0.6) is 0 Å². The van der Waals surface area contributed by atoms with Crippen LogP contribution in [0.15, 0.2) is 49.6 Å². The van der Waals surface area contributed by atoms with Crippen molar-refractivity contribution >= 4 is 51.0 Å². The monoisotopic (exact) mass is 622 g/mol. The van der Waals surface area contributed by atoms with E-state index >= 15 is 0 Å². The van der Waals surface area contributed by atoms with Gasteiger partial charge in [0, 0.05) is 35.2 Å². The molecule has 3 heterocycles. The molecule has 3 fully saturated rings. The number of hydrogen-bond donors (Lipinski definition) is 1. The number of alkyl halides is 1. The van der Waals surface area contributed by atoms with Gasteiger partial charge in [0.2, 0.25) is 5.91 Å². The average molecular weight is 624 g/mol. The Kier molecular flexibility index (Phi) is 9.91. The number of fused-ring (bicyclic) bond motifs is 1. The Labute approximate surface area is 243 Å². The lowest BCUT2D eigenvalue weighted by Gasteiger charge is -2.37. The molecule has 39 heavy (non-hydrogen) atoms. The molecule has 3 unspecified atom stereocenters. The number of hydrogen-bond acceptors (Lipinski definition) is 6. The summed E-state index contributed by atoms with van der Waals surface area (Å²) in [7, 11) is 0. The van der Waals surface area contributed by atoms with E-state index in [1.165, 1.54) is 0 Å². The zero-order valence-electron chi connectivity index (χ0n) is 22.0. The second kappa shape index (κ2) is 13.0. The molecule has 0 aliphatic carbocycles. The number of amides is 2. The van der Waals surface area contributed by atoms with Gasteiger partial charge in [0.15, 0.2) is 0 Å². The van der Waals surface area contributed by atoms with Gasteiger partial charge in [0.05, 0.1) is 24.5 Å². The number of anilines is 1. The number of carbonyl (C=O) groups is 3. The van der Waals surface area contributed by atoms with Gasteiger partial charge in [0.25, 0.3) is 5.91 Å². The zero-order chi connectivity index (χ0) is 28.2. The summed E-state index contributed by atoms with van der Waals surface area (Å²) in [4.78, 5) is 44.8. The van der Waals surface area contributed by atoms with Crippen molar-refractivity contribution in [3.8, 4) is 0 Å². The fourth-order valence-corrected chi connectivity index (χ4v) is 7.28. The molecule has 2 bridgehead atoms. The van der Waals surface area contributed by atoms with Gasteiger partial charge in [0.1, 0.15) is 11.6 Å². The highest BCUT2D eigenvalue weighted by Crippen LogP contribution is 2.60. The summed E-state index contributed by atoms with van der Waals surface area (Å²) in [6.07, 6.45) is 6.52. The standard InChI is InChI=1S/C29H36BrClN2O6/c1-3-5-9-17-38-28(37)22-23-26(35)33(15-7-6-8-16-34)25(29(23)18-21(30)24(22)39-29)27(36)32(14-4-2)20-12-10-19(31)11-13-20/h3-4,10-13,21-25,34H,1-2,5-9,14-18H2/t21?,22-,23+,24-,25?,29?/m1/s1. The van der Waals surface area contributed by atoms with Gasteiger partial charge in [-0.2, -0.15) is 0 Å². The largest absolute Gasteiger partial charge is 0.465 e. The first-order valence-corrected chi connectivity index (χ1v) is 14.8. The van der Waals surface area contributed by atoms with Crippen LogP contribution >= 0.6 is 27.5 Å². The number of unbranched alkanes of at least 4 members (excludes halogenated alkanes) is 3. The Morgan fingerprint density at radius 2 is 1.95 bits per heavy atom. The van der Waals surface area contributed by atoms with E-state index in [9.17, 15) is 19.5 Å². The Hall–Kier alpha value is -2.20. The van der Waals surface area contributed by atoms with Crippen LogP contribution in [0, 0.1) is 11.8 Å². The molecular formula is C29H36BrClN2O6. The number of esters is 1. The van der Waals surface area contributed by atoms with Gasteiger partial charge in [-0.05, 0) is 62.8 Å². The fraction of sp³-hybridized carbons (Fsp3) is 0.552. The highest BCUT2D eigenvalue weighted by molar-refractivity contribution is 9.09. The first-order chi connectivity index (χ1) is 18.8.